The van der Waals surface area contributed by atoms with E-state index in [1.165, 1.54) is 6.92 Å². The minimum atomic E-state index is -4.43. The fraction of sp³-hybridized carbons (Fsp3) is 0.273. The number of benzene rings is 1. The number of alkyl halides is 3. The summed E-state index contributed by atoms with van der Waals surface area (Å²) >= 11 is -0.346. The second-order valence-corrected chi connectivity index (χ2v) is 5.24. The Hall–Kier alpha value is -1.70. The first-order chi connectivity index (χ1) is 8.87. The first-order valence-corrected chi connectivity index (χ1v) is 6.22. The fourth-order valence-corrected chi connectivity index (χ4v) is 2.13. The topological polar surface area (TPSA) is 57.8 Å². The lowest BCUT2D eigenvalue weighted by Gasteiger charge is -2.13. The van der Waals surface area contributed by atoms with Gasteiger partial charge in [-0.25, -0.2) is 0 Å². The van der Waals surface area contributed by atoms with Gasteiger partial charge in [0.15, 0.2) is 0 Å². The van der Waals surface area contributed by atoms with Crippen molar-refractivity contribution in [1.29, 1.82) is 0 Å². The number of H-pyrrole nitrogens is 1. The molecule has 2 N–H and O–H groups in total. The number of thioether (sulfide) groups is 1. The van der Waals surface area contributed by atoms with E-state index in [0.29, 0.717) is 11.2 Å². The Labute approximate surface area is 110 Å². The third-order valence-corrected chi connectivity index (χ3v) is 3.25. The lowest BCUT2D eigenvalue weighted by Crippen LogP contribution is -2.25. The highest BCUT2D eigenvalue weighted by atomic mass is 32.2. The van der Waals surface area contributed by atoms with E-state index in [0.717, 1.165) is 5.39 Å². The van der Waals surface area contributed by atoms with Gasteiger partial charge in [-0.05, 0) is 24.8 Å². The van der Waals surface area contributed by atoms with Gasteiger partial charge in [0.1, 0.15) is 0 Å². The van der Waals surface area contributed by atoms with Gasteiger partial charge in [0.05, 0.1) is 22.7 Å². The maximum Gasteiger partial charge on any atom is 0.442 e. The van der Waals surface area contributed by atoms with Gasteiger partial charge >= 0.3 is 5.51 Å². The average Bonchev–Trinajstić information content (AvgIpc) is 2.75. The van der Waals surface area contributed by atoms with Crippen LogP contribution in [0.4, 0.5) is 18.9 Å². The zero-order chi connectivity index (χ0) is 14.0. The van der Waals surface area contributed by atoms with E-state index in [9.17, 15) is 18.0 Å². The summed E-state index contributed by atoms with van der Waals surface area (Å²) in [4.78, 5) is 11.7. The lowest BCUT2D eigenvalue weighted by atomic mass is 10.2. The summed E-state index contributed by atoms with van der Waals surface area (Å²) in [6.45, 7) is 1.21. The summed E-state index contributed by atoms with van der Waals surface area (Å²) in [6, 6.07) is 5.07. The molecule has 0 saturated heterocycles. The van der Waals surface area contributed by atoms with Crippen molar-refractivity contribution in [3.05, 3.63) is 24.4 Å². The van der Waals surface area contributed by atoms with Crippen LogP contribution in [0.2, 0.25) is 0 Å². The predicted molar refractivity (Wildman–Crippen MR) is 67.8 cm³/mol. The van der Waals surface area contributed by atoms with Crippen LogP contribution in [-0.2, 0) is 4.79 Å². The molecule has 0 bridgehead atoms. The van der Waals surface area contributed by atoms with Crippen LogP contribution in [0.3, 0.4) is 0 Å². The van der Waals surface area contributed by atoms with Crippen molar-refractivity contribution in [2.75, 3.05) is 5.32 Å². The van der Waals surface area contributed by atoms with Gasteiger partial charge in [-0.1, -0.05) is 12.1 Å². The Morgan fingerprint density at radius 1 is 1.47 bits per heavy atom. The summed E-state index contributed by atoms with van der Waals surface area (Å²) in [6.07, 6.45) is 1.57. The van der Waals surface area contributed by atoms with Crippen molar-refractivity contribution < 1.29 is 18.0 Å². The van der Waals surface area contributed by atoms with E-state index >= 15 is 0 Å². The monoisotopic (exact) mass is 289 g/mol. The van der Waals surface area contributed by atoms with Crippen molar-refractivity contribution in [3.63, 3.8) is 0 Å². The number of para-hydroxylation sites is 1. The van der Waals surface area contributed by atoms with Gasteiger partial charge < -0.3 is 5.32 Å². The number of aromatic amines is 1. The third kappa shape index (κ3) is 3.40. The molecular weight excluding hydrogens is 279 g/mol. The van der Waals surface area contributed by atoms with E-state index < -0.39 is 16.7 Å². The molecule has 1 aromatic heterocycles. The smallest absolute Gasteiger partial charge is 0.323 e. The maximum atomic E-state index is 12.2. The third-order valence-electron chi connectivity index (χ3n) is 2.41. The minimum Gasteiger partial charge on any atom is -0.323 e. The van der Waals surface area contributed by atoms with E-state index in [-0.39, 0.29) is 11.8 Å². The molecule has 0 aliphatic heterocycles. The molecule has 0 spiro atoms. The largest absolute Gasteiger partial charge is 0.442 e. The van der Waals surface area contributed by atoms with Crippen molar-refractivity contribution in [3.8, 4) is 0 Å². The van der Waals surface area contributed by atoms with E-state index in [4.69, 9.17) is 0 Å². The summed E-state index contributed by atoms with van der Waals surface area (Å²) in [7, 11) is 0. The Kier molecular flexibility index (Phi) is 3.70. The van der Waals surface area contributed by atoms with Crippen LogP contribution in [0, 0.1) is 0 Å². The van der Waals surface area contributed by atoms with Crippen molar-refractivity contribution in [2.45, 2.75) is 17.7 Å². The molecule has 2 aromatic rings. The normalized spacial score (nSPS) is 13.5. The highest BCUT2D eigenvalue weighted by molar-refractivity contribution is 8.01. The number of aromatic nitrogens is 2. The zero-order valence-corrected chi connectivity index (χ0v) is 10.6. The zero-order valence-electron chi connectivity index (χ0n) is 9.78. The van der Waals surface area contributed by atoms with Crippen LogP contribution in [0.5, 0.6) is 0 Å². The lowest BCUT2D eigenvalue weighted by molar-refractivity contribution is -0.115. The predicted octanol–water partition coefficient (Wildman–Crippen LogP) is 3.14. The number of nitrogens with zero attached hydrogens (tertiary/aromatic N) is 1. The molecule has 0 saturated carbocycles. The van der Waals surface area contributed by atoms with E-state index in [1.807, 2.05) is 0 Å². The molecule has 1 aromatic carbocycles. The Morgan fingerprint density at radius 3 is 2.89 bits per heavy atom. The van der Waals surface area contributed by atoms with Crippen LogP contribution in [-0.4, -0.2) is 26.9 Å². The number of carbonyl (C=O) groups excluding carboxylic acids is 1. The molecule has 8 heteroatoms. The second-order valence-electron chi connectivity index (χ2n) is 3.83. The molecule has 0 unspecified atom stereocenters. The molecule has 19 heavy (non-hydrogen) atoms. The average molecular weight is 289 g/mol. The number of nitrogens with one attached hydrogen (secondary N) is 2. The standard InChI is InChI=1S/C11H10F3N3OS/c1-6(19-11(12,13)14)10(18)16-8-4-2-3-7-5-15-17-9(7)8/h2-6H,1H3,(H,15,17)(H,16,18)/t6-/m1/s1. The van der Waals surface area contributed by atoms with Crippen LogP contribution in [0.25, 0.3) is 10.9 Å². The van der Waals surface area contributed by atoms with Crippen LogP contribution >= 0.6 is 11.8 Å². The first-order valence-electron chi connectivity index (χ1n) is 5.34. The van der Waals surface area contributed by atoms with Gasteiger partial charge in [-0.15, -0.1) is 0 Å². The van der Waals surface area contributed by atoms with E-state index in [2.05, 4.69) is 15.5 Å². The van der Waals surface area contributed by atoms with Gasteiger partial charge in [0.25, 0.3) is 0 Å². The number of anilines is 1. The molecule has 0 fully saturated rings. The van der Waals surface area contributed by atoms with Gasteiger partial charge in [0.2, 0.25) is 5.91 Å². The SMILES string of the molecule is C[C@@H](SC(F)(F)F)C(=O)Nc1cccc2cn[nH]c12. The Bertz CT molecular complexity index is 596. The van der Waals surface area contributed by atoms with Crippen LogP contribution in [0.1, 0.15) is 6.92 Å². The molecular formula is C11H10F3N3OS. The van der Waals surface area contributed by atoms with Gasteiger partial charge in [0, 0.05) is 5.39 Å². The highest BCUT2D eigenvalue weighted by Crippen LogP contribution is 2.34. The van der Waals surface area contributed by atoms with Crippen molar-refractivity contribution in [1.82, 2.24) is 10.2 Å². The molecule has 1 atom stereocenters. The van der Waals surface area contributed by atoms with Crippen LogP contribution < -0.4 is 5.32 Å². The fourth-order valence-electron chi connectivity index (χ4n) is 1.56. The van der Waals surface area contributed by atoms with Gasteiger partial charge in [-0.2, -0.15) is 18.3 Å². The molecule has 102 valence electrons. The highest BCUT2D eigenvalue weighted by Gasteiger charge is 2.34. The van der Waals surface area contributed by atoms with Crippen molar-refractivity contribution in [2.24, 2.45) is 0 Å². The number of rotatable bonds is 3. The second kappa shape index (κ2) is 5.12. The number of hydrogen-bond acceptors (Lipinski definition) is 3. The number of halogens is 3. The van der Waals surface area contributed by atoms with E-state index in [1.54, 1.807) is 24.4 Å². The first kappa shape index (κ1) is 13.7. The van der Waals surface area contributed by atoms with Gasteiger partial charge in [-0.3, -0.25) is 9.89 Å². The Morgan fingerprint density at radius 2 is 2.21 bits per heavy atom. The summed E-state index contributed by atoms with van der Waals surface area (Å²) in [5.41, 5.74) is -3.44. The number of fused-ring (bicyclic) bond motifs is 1. The molecule has 1 heterocycles. The molecule has 1 amide bonds. The number of hydrogen-bond donors (Lipinski definition) is 2. The molecule has 0 aliphatic carbocycles. The Balaban J connectivity index is 2.13. The number of carbonyl (C=O) groups is 1. The van der Waals surface area contributed by atoms with Crippen LogP contribution in [0.15, 0.2) is 24.4 Å². The van der Waals surface area contributed by atoms with Crippen molar-refractivity contribution >= 4 is 34.3 Å². The minimum absolute atomic E-state index is 0.346. The molecule has 0 radical (unpaired) electrons. The maximum absolute atomic E-state index is 12.2. The molecule has 4 nitrogen and oxygen atoms in total. The summed E-state index contributed by atoms with van der Waals surface area (Å²) < 4.78 is 36.5. The summed E-state index contributed by atoms with van der Waals surface area (Å²) in [5, 5.41) is 8.51. The number of amides is 1. The summed E-state index contributed by atoms with van der Waals surface area (Å²) in [5.74, 6) is -0.704. The quantitative estimate of drug-likeness (QED) is 0.912. The molecule has 0 aliphatic rings. The molecule has 2 rings (SSSR count).